The molecule has 1 heterocycles. The summed E-state index contributed by atoms with van der Waals surface area (Å²) in [5, 5.41) is 14.5. The number of nitro groups is 1. The van der Waals surface area contributed by atoms with Crippen LogP contribution in [0.4, 0.5) is 17.1 Å². The van der Waals surface area contributed by atoms with Crippen molar-refractivity contribution in [1.82, 2.24) is 4.90 Å². The molecule has 0 saturated carbocycles. The maximum absolute atomic E-state index is 11.5. The Kier molecular flexibility index (Phi) is 5.01. The number of benzene rings is 1. The first-order valence-corrected chi connectivity index (χ1v) is 7.54. The van der Waals surface area contributed by atoms with Gasteiger partial charge in [0.25, 0.3) is 0 Å². The van der Waals surface area contributed by atoms with Crippen molar-refractivity contribution in [3.8, 4) is 0 Å². The zero-order chi connectivity index (χ0) is 15.4. The average molecular weight is 292 g/mol. The molecule has 1 aliphatic heterocycles. The summed E-state index contributed by atoms with van der Waals surface area (Å²) in [5.41, 5.74) is 1.52. The minimum absolute atomic E-state index is 0.192. The van der Waals surface area contributed by atoms with Gasteiger partial charge in [-0.25, -0.2) is 0 Å². The lowest BCUT2D eigenvalue weighted by Crippen LogP contribution is -2.49. The molecule has 0 aromatic heterocycles. The van der Waals surface area contributed by atoms with Crippen molar-refractivity contribution in [3.05, 3.63) is 28.3 Å². The number of anilines is 2. The van der Waals surface area contributed by atoms with Gasteiger partial charge < -0.3 is 10.2 Å². The molecule has 1 aromatic carbocycles. The van der Waals surface area contributed by atoms with E-state index in [1.165, 1.54) is 0 Å². The van der Waals surface area contributed by atoms with E-state index in [1.54, 1.807) is 6.07 Å². The minimum Gasteiger partial charge on any atom is -0.380 e. The van der Waals surface area contributed by atoms with E-state index < -0.39 is 0 Å². The Hall–Kier alpha value is -1.82. The Labute approximate surface area is 125 Å². The fraction of sp³-hybridized carbons (Fsp3) is 0.600. The van der Waals surface area contributed by atoms with Crippen LogP contribution in [-0.4, -0.2) is 48.6 Å². The molecule has 6 nitrogen and oxygen atoms in total. The summed E-state index contributed by atoms with van der Waals surface area (Å²) in [6, 6.07) is 6.03. The lowest BCUT2D eigenvalue weighted by molar-refractivity contribution is -0.383. The zero-order valence-corrected chi connectivity index (χ0v) is 13.0. The third-order valence-corrected chi connectivity index (χ3v) is 3.95. The lowest BCUT2D eigenvalue weighted by Gasteiger charge is -2.37. The average Bonchev–Trinajstić information content (AvgIpc) is 2.47. The first-order chi connectivity index (χ1) is 10.0. The number of para-hydroxylation sites is 1. The van der Waals surface area contributed by atoms with E-state index in [4.69, 9.17) is 0 Å². The monoisotopic (exact) mass is 292 g/mol. The molecule has 0 unspecified atom stereocenters. The lowest BCUT2D eigenvalue weighted by atomic mass is 10.1. The van der Waals surface area contributed by atoms with Crippen LogP contribution in [0.15, 0.2) is 18.2 Å². The molecule has 6 heteroatoms. The molecule has 2 rings (SSSR count). The van der Waals surface area contributed by atoms with Crippen molar-refractivity contribution in [3.63, 3.8) is 0 Å². The van der Waals surface area contributed by atoms with Gasteiger partial charge in [-0.3, -0.25) is 15.0 Å². The van der Waals surface area contributed by atoms with E-state index in [2.05, 4.69) is 29.0 Å². The van der Waals surface area contributed by atoms with Crippen LogP contribution in [0.1, 0.15) is 20.8 Å². The quantitative estimate of drug-likeness (QED) is 0.667. The topological polar surface area (TPSA) is 61.6 Å². The number of nitro benzene ring substituents is 1. The Morgan fingerprint density at radius 3 is 2.48 bits per heavy atom. The van der Waals surface area contributed by atoms with Gasteiger partial charge in [-0.2, -0.15) is 0 Å². The second-order valence-corrected chi connectivity index (χ2v) is 5.58. The fourth-order valence-electron chi connectivity index (χ4n) is 2.79. The Morgan fingerprint density at radius 2 is 1.95 bits per heavy atom. The molecule has 21 heavy (non-hydrogen) atoms. The van der Waals surface area contributed by atoms with E-state index in [1.807, 2.05) is 19.1 Å². The van der Waals surface area contributed by atoms with Crippen molar-refractivity contribution < 1.29 is 4.92 Å². The van der Waals surface area contributed by atoms with Crippen molar-refractivity contribution >= 4 is 17.1 Å². The SMILES string of the molecule is CCNc1cccc(N2CCN(C(C)C)CC2)c1[N+](=O)[O-]. The third-order valence-electron chi connectivity index (χ3n) is 3.95. The van der Waals surface area contributed by atoms with Crippen LogP contribution >= 0.6 is 0 Å². The summed E-state index contributed by atoms with van der Waals surface area (Å²) in [6.07, 6.45) is 0. The molecule has 1 aromatic rings. The highest BCUT2D eigenvalue weighted by Gasteiger charge is 2.26. The van der Waals surface area contributed by atoms with Gasteiger partial charge in [-0.1, -0.05) is 6.07 Å². The van der Waals surface area contributed by atoms with E-state index in [0.717, 1.165) is 31.9 Å². The van der Waals surface area contributed by atoms with Gasteiger partial charge in [-0.05, 0) is 32.9 Å². The number of rotatable bonds is 5. The third kappa shape index (κ3) is 3.44. The highest BCUT2D eigenvalue weighted by Crippen LogP contribution is 2.35. The number of hydrogen-bond donors (Lipinski definition) is 1. The van der Waals surface area contributed by atoms with Crippen LogP contribution in [0.2, 0.25) is 0 Å². The molecule has 0 bridgehead atoms. The Balaban J connectivity index is 2.24. The number of nitrogens with zero attached hydrogens (tertiary/aromatic N) is 3. The van der Waals surface area contributed by atoms with Crippen molar-refractivity contribution in [1.29, 1.82) is 0 Å². The molecule has 1 saturated heterocycles. The van der Waals surface area contributed by atoms with Crippen LogP contribution in [0.3, 0.4) is 0 Å². The summed E-state index contributed by atoms with van der Waals surface area (Å²) in [7, 11) is 0. The van der Waals surface area contributed by atoms with Crippen molar-refractivity contribution in [2.75, 3.05) is 42.9 Å². The molecular weight excluding hydrogens is 268 g/mol. The van der Waals surface area contributed by atoms with Gasteiger partial charge in [-0.15, -0.1) is 0 Å². The van der Waals surface area contributed by atoms with Crippen LogP contribution in [0.5, 0.6) is 0 Å². The molecule has 0 spiro atoms. The maximum Gasteiger partial charge on any atom is 0.315 e. The predicted octanol–water partition coefficient (Wildman–Crippen LogP) is 2.56. The number of hydrogen-bond acceptors (Lipinski definition) is 5. The second kappa shape index (κ2) is 6.76. The standard InChI is InChI=1S/C15H24N4O2/c1-4-16-13-6-5-7-14(15(13)19(20)21)18-10-8-17(9-11-18)12(2)3/h5-7,12,16H,4,8-11H2,1-3H3. The molecule has 116 valence electrons. The Morgan fingerprint density at radius 1 is 1.29 bits per heavy atom. The van der Waals surface area contributed by atoms with Crippen molar-refractivity contribution in [2.45, 2.75) is 26.8 Å². The van der Waals surface area contributed by atoms with Crippen LogP contribution in [0.25, 0.3) is 0 Å². The summed E-state index contributed by atoms with van der Waals surface area (Å²) in [6.45, 7) is 10.5. The minimum atomic E-state index is -0.276. The van der Waals surface area contributed by atoms with E-state index >= 15 is 0 Å². The van der Waals surface area contributed by atoms with Gasteiger partial charge in [0.05, 0.1) is 4.92 Å². The van der Waals surface area contributed by atoms with Gasteiger partial charge >= 0.3 is 5.69 Å². The van der Waals surface area contributed by atoms with E-state index in [9.17, 15) is 10.1 Å². The molecule has 1 fully saturated rings. The van der Waals surface area contributed by atoms with Crippen LogP contribution < -0.4 is 10.2 Å². The van der Waals surface area contributed by atoms with Crippen LogP contribution in [-0.2, 0) is 0 Å². The normalized spacial score (nSPS) is 16.3. The zero-order valence-electron chi connectivity index (χ0n) is 13.0. The molecule has 1 N–H and O–H groups in total. The fourth-order valence-corrected chi connectivity index (χ4v) is 2.79. The predicted molar refractivity (Wildman–Crippen MR) is 86.2 cm³/mol. The smallest absolute Gasteiger partial charge is 0.315 e. The molecule has 1 aliphatic rings. The highest BCUT2D eigenvalue weighted by molar-refractivity contribution is 5.77. The second-order valence-electron chi connectivity index (χ2n) is 5.58. The molecule has 0 aliphatic carbocycles. The molecular formula is C15H24N4O2. The summed E-state index contributed by atoms with van der Waals surface area (Å²) >= 11 is 0. The Bertz CT molecular complexity index is 496. The van der Waals surface area contributed by atoms with E-state index in [-0.39, 0.29) is 10.6 Å². The van der Waals surface area contributed by atoms with Crippen molar-refractivity contribution in [2.24, 2.45) is 0 Å². The molecule has 0 radical (unpaired) electrons. The molecule has 0 amide bonds. The first-order valence-electron chi connectivity index (χ1n) is 7.54. The summed E-state index contributed by atoms with van der Waals surface area (Å²) < 4.78 is 0. The summed E-state index contributed by atoms with van der Waals surface area (Å²) in [5.74, 6) is 0. The number of piperazine rings is 1. The largest absolute Gasteiger partial charge is 0.380 e. The highest BCUT2D eigenvalue weighted by atomic mass is 16.6. The van der Waals surface area contributed by atoms with Gasteiger partial charge in [0.15, 0.2) is 0 Å². The van der Waals surface area contributed by atoms with Gasteiger partial charge in [0.1, 0.15) is 11.4 Å². The maximum atomic E-state index is 11.5. The molecule has 0 atom stereocenters. The van der Waals surface area contributed by atoms with Gasteiger partial charge in [0, 0.05) is 38.8 Å². The van der Waals surface area contributed by atoms with Gasteiger partial charge in [0.2, 0.25) is 0 Å². The van der Waals surface area contributed by atoms with E-state index in [0.29, 0.717) is 18.3 Å². The first kappa shape index (κ1) is 15.6. The number of nitrogens with one attached hydrogen (secondary N) is 1. The summed E-state index contributed by atoms with van der Waals surface area (Å²) in [4.78, 5) is 15.7. The van der Waals surface area contributed by atoms with Crippen LogP contribution in [0, 0.1) is 10.1 Å².